The van der Waals surface area contributed by atoms with Gasteiger partial charge >= 0.3 is 0 Å². The fourth-order valence-corrected chi connectivity index (χ4v) is 3.51. The summed E-state index contributed by atoms with van der Waals surface area (Å²) < 4.78 is 6.51. The topological polar surface area (TPSA) is 25.4 Å². The quantitative estimate of drug-likeness (QED) is 0.807. The summed E-state index contributed by atoms with van der Waals surface area (Å²) in [5, 5.41) is 1.23. The molecule has 0 radical (unpaired) electrons. The summed E-state index contributed by atoms with van der Waals surface area (Å²) in [4.78, 5) is 6.94. The second-order valence-corrected chi connectivity index (χ2v) is 6.57. The van der Waals surface area contributed by atoms with E-state index in [4.69, 9.17) is 4.74 Å². The van der Waals surface area contributed by atoms with Crippen molar-refractivity contribution in [3.63, 3.8) is 0 Å². The Morgan fingerprint density at radius 2 is 2.16 bits per heavy atom. The molecule has 0 bridgehead atoms. The Kier molecular flexibility index (Phi) is 2.57. The lowest BCUT2D eigenvalue weighted by molar-refractivity contribution is -0.0985. The third-order valence-corrected chi connectivity index (χ3v) is 4.77. The number of aromatic nitrogens is 1. The monoisotopic (exact) mass is 318 g/mol. The molecule has 4 rings (SSSR count). The van der Waals surface area contributed by atoms with Crippen LogP contribution in [0.25, 0.3) is 10.9 Å². The van der Waals surface area contributed by atoms with Crippen LogP contribution in [0.1, 0.15) is 6.42 Å². The Morgan fingerprint density at radius 1 is 1.26 bits per heavy atom. The van der Waals surface area contributed by atoms with Gasteiger partial charge in [0.25, 0.3) is 0 Å². The van der Waals surface area contributed by atoms with E-state index in [1.54, 1.807) is 0 Å². The van der Waals surface area contributed by atoms with E-state index in [2.05, 4.69) is 44.0 Å². The maximum Gasteiger partial charge on any atom is 0.0723 e. The Labute approximate surface area is 120 Å². The van der Waals surface area contributed by atoms with Crippen LogP contribution in [-0.4, -0.2) is 31.3 Å². The van der Waals surface area contributed by atoms with Gasteiger partial charge in [0.1, 0.15) is 0 Å². The van der Waals surface area contributed by atoms with Crippen molar-refractivity contribution in [3.8, 4) is 0 Å². The van der Waals surface area contributed by atoms with Crippen LogP contribution in [0.4, 0.5) is 5.69 Å². The molecule has 2 aliphatic rings. The van der Waals surface area contributed by atoms with Crippen molar-refractivity contribution >= 4 is 32.5 Å². The summed E-state index contributed by atoms with van der Waals surface area (Å²) in [5.74, 6) is 0. The Bertz CT molecular complexity index is 639. The van der Waals surface area contributed by atoms with Gasteiger partial charge in [-0.1, -0.05) is 15.9 Å². The van der Waals surface area contributed by atoms with Crippen LogP contribution in [0.3, 0.4) is 0 Å². The Balaban J connectivity index is 1.76. The highest BCUT2D eigenvalue weighted by molar-refractivity contribution is 9.10. The molecule has 2 aliphatic heterocycles. The highest BCUT2D eigenvalue weighted by atomic mass is 79.9. The summed E-state index contributed by atoms with van der Waals surface area (Å²) >= 11 is 3.56. The van der Waals surface area contributed by atoms with E-state index in [1.165, 1.54) is 17.5 Å². The van der Waals surface area contributed by atoms with Crippen molar-refractivity contribution in [2.24, 2.45) is 5.41 Å². The smallest absolute Gasteiger partial charge is 0.0723 e. The molecule has 1 spiro atoms. The van der Waals surface area contributed by atoms with Crippen LogP contribution in [0.2, 0.25) is 0 Å². The van der Waals surface area contributed by atoms with Gasteiger partial charge in [-0.3, -0.25) is 4.98 Å². The highest BCUT2D eigenvalue weighted by Gasteiger charge is 2.44. The molecule has 1 aromatic heterocycles. The maximum atomic E-state index is 5.40. The van der Waals surface area contributed by atoms with Gasteiger partial charge in [-0.2, -0.15) is 0 Å². The van der Waals surface area contributed by atoms with Crippen LogP contribution >= 0.6 is 15.9 Å². The van der Waals surface area contributed by atoms with Crippen molar-refractivity contribution < 1.29 is 4.74 Å². The number of hydrogen-bond donors (Lipinski definition) is 0. The fraction of sp³-hybridized carbons (Fsp3) is 0.400. The SMILES string of the molecule is Brc1ccc2nccc(N3CCC4(COC4)C3)c2c1. The first kappa shape index (κ1) is 11.7. The van der Waals surface area contributed by atoms with Crippen LogP contribution in [0, 0.1) is 5.41 Å². The molecule has 19 heavy (non-hydrogen) atoms. The molecule has 3 nitrogen and oxygen atoms in total. The van der Waals surface area contributed by atoms with Crippen LogP contribution in [0.15, 0.2) is 34.9 Å². The van der Waals surface area contributed by atoms with Gasteiger partial charge in [0.2, 0.25) is 0 Å². The van der Waals surface area contributed by atoms with Gasteiger partial charge in [-0.05, 0) is 30.7 Å². The van der Waals surface area contributed by atoms with Gasteiger partial charge in [-0.15, -0.1) is 0 Å². The average molecular weight is 319 g/mol. The number of nitrogens with zero attached hydrogens (tertiary/aromatic N) is 2. The second-order valence-electron chi connectivity index (χ2n) is 5.66. The molecule has 0 aliphatic carbocycles. The first-order valence-electron chi connectivity index (χ1n) is 6.63. The summed E-state index contributed by atoms with van der Waals surface area (Å²) in [6.45, 7) is 4.08. The van der Waals surface area contributed by atoms with Crippen LogP contribution in [-0.2, 0) is 4.74 Å². The number of hydrogen-bond acceptors (Lipinski definition) is 3. The number of rotatable bonds is 1. The number of anilines is 1. The number of fused-ring (bicyclic) bond motifs is 1. The molecular weight excluding hydrogens is 304 g/mol. The van der Waals surface area contributed by atoms with E-state index < -0.39 is 0 Å². The van der Waals surface area contributed by atoms with Gasteiger partial charge in [-0.25, -0.2) is 0 Å². The molecule has 4 heteroatoms. The molecule has 3 heterocycles. The lowest BCUT2D eigenvalue weighted by atomic mass is 9.85. The largest absolute Gasteiger partial charge is 0.380 e. The average Bonchev–Trinajstić information content (AvgIpc) is 2.83. The minimum absolute atomic E-state index is 0.418. The number of benzene rings is 1. The van der Waals surface area contributed by atoms with E-state index in [9.17, 15) is 0 Å². The van der Waals surface area contributed by atoms with Crippen LogP contribution in [0.5, 0.6) is 0 Å². The summed E-state index contributed by atoms with van der Waals surface area (Å²) in [5.41, 5.74) is 2.78. The highest BCUT2D eigenvalue weighted by Crippen LogP contribution is 2.41. The number of ether oxygens (including phenoxy) is 1. The van der Waals surface area contributed by atoms with Gasteiger partial charge in [0.05, 0.1) is 18.7 Å². The standard InChI is InChI=1S/C15H15BrN2O/c16-11-1-2-13-12(7-11)14(3-5-17-13)18-6-4-15(8-18)9-19-10-15/h1-3,5,7H,4,6,8-10H2. The maximum absolute atomic E-state index is 5.40. The fourth-order valence-electron chi connectivity index (χ4n) is 3.15. The molecule has 2 aromatic rings. The molecular formula is C15H15BrN2O. The van der Waals surface area contributed by atoms with Crippen molar-refractivity contribution in [3.05, 3.63) is 34.9 Å². The lowest BCUT2D eigenvalue weighted by Crippen LogP contribution is -2.44. The van der Waals surface area contributed by atoms with E-state index in [0.717, 1.165) is 36.3 Å². The molecule has 2 fully saturated rings. The normalized spacial score (nSPS) is 21.0. The van der Waals surface area contributed by atoms with Gasteiger partial charge in [0.15, 0.2) is 0 Å². The number of pyridine rings is 1. The van der Waals surface area contributed by atoms with E-state index >= 15 is 0 Å². The zero-order chi connectivity index (χ0) is 12.9. The molecule has 0 N–H and O–H groups in total. The van der Waals surface area contributed by atoms with Gasteiger partial charge in [0, 0.05) is 40.2 Å². The molecule has 0 saturated carbocycles. The molecule has 1 aromatic carbocycles. The zero-order valence-electron chi connectivity index (χ0n) is 10.6. The molecule has 2 saturated heterocycles. The Hall–Kier alpha value is -1.13. The van der Waals surface area contributed by atoms with Crippen molar-refractivity contribution in [2.45, 2.75) is 6.42 Å². The predicted octanol–water partition coefficient (Wildman–Crippen LogP) is 3.22. The minimum atomic E-state index is 0.418. The van der Waals surface area contributed by atoms with Crippen molar-refractivity contribution in [1.29, 1.82) is 0 Å². The van der Waals surface area contributed by atoms with Gasteiger partial charge < -0.3 is 9.64 Å². The van der Waals surface area contributed by atoms with E-state index in [-0.39, 0.29) is 0 Å². The third kappa shape index (κ3) is 1.85. The Morgan fingerprint density at radius 3 is 2.89 bits per heavy atom. The molecule has 0 unspecified atom stereocenters. The van der Waals surface area contributed by atoms with Crippen LogP contribution < -0.4 is 4.90 Å². The van der Waals surface area contributed by atoms with Crippen molar-refractivity contribution in [1.82, 2.24) is 4.98 Å². The predicted molar refractivity (Wildman–Crippen MR) is 79.5 cm³/mol. The molecule has 0 amide bonds. The lowest BCUT2D eigenvalue weighted by Gasteiger charge is -2.38. The first-order valence-corrected chi connectivity index (χ1v) is 7.42. The minimum Gasteiger partial charge on any atom is -0.380 e. The molecule has 98 valence electrons. The third-order valence-electron chi connectivity index (χ3n) is 4.28. The summed E-state index contributed by atoms with van der Waals surface area (Å²) in [7, 11) is 0. The molecule has 0 atom stereocenters. The summed E-state index contributed by atoms with van der Waals surface area (Å²) in [6, 6.07) is 8.42. The van der Waals surface area contributed by atoms with E-state index in [0.29, 0.717) is 5.41 Å². The number of halogens is 1. The zero-order valence-corrected chi connectivity index (χ0v) is 12.2. The summed E-state index contributed by atoms with van der Waals surface area (Å²) in [6.07, 6.45) is 3.15. The second kappa shape index (κ2) is 4.18. The van der Waals surface area contributed by atoms with E-state index in [1.807, 2.05) is 12.3 Å². The van der Waals surface area contributed by atoms with Crippen molar-refractivity contribution in [2.75, 3.05) is 31.2 Å². The first-order chi connectivity index (χ1) is 9.26.